The van der Waals surface area contributed by atoms with Crippen LogP contribution in [0.15, 0.2) is 153 Å². The molecule has 0 saturated heterocycles. The number of hydrogen-bond donors (Lipinski definition) is 0. The molecule has 0 spiro atoms. The van der Waals surface area contributed by atoms with Crippen molar-refractivity contribution in [2.24, 2.45) is 0 Å². The van der Waals surface area contributed by atoms with Gasteiger partial charge in [0.1, 0.15) is 36.9 Å². The van der Waals surface area contributed by atoms with Crippen molar-refractivity contribution >= 4 is 47.8 Å². The quantitative estimate of drug-likeness (QED) is 0.0397. The number of benzene rings is 2. The number of rotatable bonds is 20. The van der Waals surface area contributed by atoms with Crippen molar-refractivity contribution in [2.45, 2.75) is 188 Å². The Morgan fingerprint density at radius 2 is 0.859 bits per heavy atom. The standard InChI is InChI=1S/C11H12O2.C10H7F3O2.C10H16O2.C8H14O2.2C7H7F5O2.C7H9F3O2.C7H12O2/c1-9(2)11(12)13-8-10-6-4-3-5-7-10;1-2-9(14)15-8-5-3-7(4-6-8)10(11,12)13;1-8(2)10(11)12-9-6-4-3-5-7-9;1-6(2)7(9)10-8(3,4)5;2*1-2-5(13)14-4-6(8,9)3-7(10,11)12;1-4(2)6(11)12-5(3)7(8,9)10;1-5(2)7(8)9-6(3)4/h3-7H,1,8H2,2H3;2-6H,1H2;9H,1,3-7H2,2H3;1H2,2-5H3;2*2H,1,3-4H2;5H,1H2,2-3H3;6H,1H2,2-4H3. The topological polar surface area (TPSA) is 210 Å². The van der Waals surface area contributed by atoms with Gasteiger partial charge in [-0.3, -0.25) is 0 Å². The molecule has 99 heavy (non-hydrogen) atoms. The van der Waals surface area contributed by atoms with Crippen LogP contribution in [0.5, 0.6) is 5.75 Å². The summed E-state index contributed by atoms with van der Waals surface area (Å²) < 4.78 is 226. The van der Waals surface area contributed by atoms with E-state index < -0.39 is 104 Å². The fourth-order valence-corrected chi connectivity index (χ4v) is 5.32. The summed E-state index contributed by atoms with van der Waals surface area (Å²) >= 11 is 0. The summed E-state index contributed by atoms with van der Waals surface area (Å²) in [5.74, 6) is -13.5. The van der Waals surface area contributed by atoms with Crippen molar-refractivity contribution in [1.29, 1.82) is 0 Å². The van der Waals surface area contributed by atoms with Crippen molar-refractivity contribution < 1.29 is 146 Å². The maximum atomic E-state index is 12.4. The Morgan fingerprint density at radius 1 is 0.485 bits per heavy atom. The summed E-state index contributed by atoms with van der Waals surface area (Å²) in [6.45, 7) is 40.9. The van der Waals surface area contributed by atoms with Crippen molar-refractivity contribution in [3.8, 4) is 5.75 Å². The lowest BCUT2D eigenvalue weighted by molar-refractivity contribution is -0.213. The van der Waals surface area contributed by atoms with Gasteiger partial charge in [0.2, 0.25) is 0 Å². The molecule has 560 valence electrons. The molecule has 0 radical (unpaired) electrons. The Kier molecular flexibility index (Phi) is 47.7. The van der Waals surface area contributed by atoms with Gasteiger partial charge in [-0.1, -0.05) is 89.4 Å². The zero-order chi connectivity index (χ0) is 78.7. The first-order chi connectivity index (χ1) is 44.8. The lowest BCUT2D eigenvalue weighted by atomic mass is 9.98. The van der Waals surface area contributed by atoms with Gasteiger partial charge in [-0.05, 0) is 132 Å². The summed E-state index contributed by atoms with van der Waals surface area (Å²) in [6.07, 6.45) is -17.7. The Labute approximate surface area is 564 Å². The molecular formula is C67H84F16O16. The third-order valence-electron chi connectivity index (χ3n) is 9.94. The summed E-state index contributed by atoms with van der Waals surface area (Å²) in [5.41, 5.74) is 1.55. The Bertz CT molecular complexity index is 2880. The van der Waals surface area contributed by atoms with Crippen molar-refractivity contribution in [3.63, 3.8) is 0 Å². The van der Waals surface area contributed by atoms with E-state index in [0.29, 0.717) is 41.1 Å². The van der Waals surface area contributed by atoms with Crippen LogP contribution in [0.25, 0.3) is 0 Å². The second kappa shape index (κ2) is 47.9. The maximum absolute atomic E-state index is 12.4. The summed E-state index contributed by atoms with van der Waals surface area (Å²) in [4.78, 5) is 85.4. The lowest BCUT2D eigenvalue weighted by Gasteiger charge is -2.21. The van der Waals surface area contributed by atoms with Gasteiger partial charge in [-0.25, -0.2) is 55.9 Å². The van der Waals surface area contributed by atoms with E-state index in [0.717, 1.165) is 55.7 Å². The van der Waals surface area contributed by atoms with Gasteiger partial charge in [0.25, 0.3) is 11.8 Å². The first kappa shape index (κ1) is 98.7. The lowest BCUT2D eigenvalue weighted by Crippen LogP contribution is -2.31. The van der Waals surface area contributed by atoms with Crippen LogP contribution in [0.4, 0.5) is 70.2 Å². The molecule has 0 N–H and O–H groups in total. The first-order valence-corrected chi connectivity index (χ1v) is 28.7. The van der Waals surface area contributed by atoms with E-state index in [-0.39, 0.29) is 47.4 Å². The second-order valence-corrected chi connectivity index (χ2v) is 21.7. The molecule has 0 aromatic heterocycles. The van der Waals surface area contributed by atoms with Crippen molar-refractivity contribution in [3.05, 3.63) is 164 Å². The minimum atomic E-state index is -5.00. The van der Waals surface area contributed by atoms with Crippen LogP contribution in [0.1, 0.15) is 132 Å². The minimum Gasteiger partial charge on any atom is -0.460 e. The third kappa shape index (κ3) is 61.1. The van der Waals surface area contributed by atoms with Crippen LogP contribution in [0.2, 0.25) is 0 Å². The fraction of sp³-hybridized carbons (Fsp3) is 0.463. The van der Waals surface area contributed by atoms with E-state index in [4.69, 9.17) is 18.9 Å². The molecule has 0 amide bonds. The molecule has 0 aliphatic heterocycles. The van der Waals surface area contributed by atoms with E-state index >= 15 is 0 Å². The molecule has 16 nitrogen and oxygen atoms in total. The number of ether oxygens (including phenoxy) is 8. The maximum Gasteiger partial charge on any atom is 0.425 e. The molecule has 1 atom stereocenters. The van der Waals surface area contributed by atoms with Crippen molar-refractivity contribution in [1.82, 2.24) is 0 Å². The molecule has 0 bridgehead atoms. The number of hydrogen-bond acceptors (Lipinski definition) is 16. The highest BCUT2D eigenvalue weighted by molar-refractivity contribution is 5.89. The van der Waals surface area contributed by atoms with Crippen LogP contribution in [0.3, 0.4) is 0 Å². The molecule has 0 heterocycles. The average Bonchev–Trinajstić information content (AvgIpc) is 0.871. The van der Waals surface area contributed by atoms with E-state index in [1.165, 1.54) is 26.2 Å². The normalized spacial score (nSPS) is 12.2. The smallest absolute Gasteiger partial charge is 0.425 e. The van der Waals surface area contributed by atoms with Crippen molar-refractivity contribution in [2.75, 3.05) is 13.2 Å². The Hall–Kier alpha value is -9.00. The van der Waals surface area contributed by atoms with Crippen LogP contribution >= 0.6 is 0 Å². The fourth-order valence-electron chi connectivity index (χ4n) is 5.32. The van der Waals surface area contributed by atoms with Crippen LogP contribution in [-0.2, 0) is 84.3 Å². The summed E-state index contributed by atoms with van der Waals surface area (Å²) in [7, 11) is 0. The van der Waals surface area contributed by atoms with E-state index in [1.54, 1.807) is 41.5 Å². The van der Waals surface area contributed by atoms with Crippen LogP contribution < -0.4 is 4.74 Å². The second-order valence-electron chi connectivity index (χ2n) is 21.7. The zero-order valence-corrected chi connectivity index (χ0v) is 56.5. The molecule has 2 aromatic rings. The minimum absolute atomic E-state index is 0.0470. The Balaban J connectivity index is -0.000000342. The summed E-state index contributed by atoms with van der Waals surface area (Å²) in [5, 5.41) is 0. The van der Waals surface area contributed by atoms with E-state index in [2.05, 4.69) is 71.6 Å². The van der Waals surface area contributed by atoms with Gasteiger partial charge in [0, 0.05) is 46.1 Å². The van der Waals surface area contributed by atoms with Gasteiger partial charge in [0.05, 0.1) is 11.7 Å². The molecule has 3 rings (SSSR count). The first-order valence-electron chi connectivity index (χ1n) is 28.7. The van der Waals surface area contributed by atoms with E-state index in [9.17, 15) is 109 Å². The van der Waals surface area contributed by atoms with Gasteiger partial charge >= 0.3 is 72.5 Å². The van der Waals surface area contributed by atoms with Crippen LogP contribution in [0, 0.1) is 0 Å². The number of esters is 8. The predicted molar refractivity (Wildman–Crippen MR) is 333 cm³/mol. The molecule has 32 heteroatoms. The van der Waals surface area contributed by atoms with Gasteiger partial charge < -0.3 is 37.9 Å². The van der Waals surface area contributed by atoms with Gasteiger partial charge in [-0.2, -0.15) is 52.7 Å². The number of halogens is 16. The Morgan fingerprint density at radius 3 is 1.15 bits per heavy atom. The van der Waals surface area contributed by atoms with Gasteiger partial charge in [-0.15, -0.1) is 0 Å². The molecule has 1 unspecified atom stereocenters. The highest BCUT2D eigenvalue weighted by Crippen LogP contribution is 2.34. The van der Waals surface area contributed by atoms with E-state index in [1.807, 2.05) is 51.1 Å². The third-order valence-corrected chi connectivity index (χ3v) is 9.94. The highest BCUT2D eigenvalue weighted by Gasteiger charge is 2.45. The largest absolute Gasteiger partial charge is 0.460 e. The molecule has 1 aliphatic carbocycles. The summed E-state index contributed by atoms with van der Waals surface area (Å²) in [6, 6.07) is 13.4. The molecule has 1 fully saturated rings. The number of carbonyl (C=O) groups is 8. The number of alkyl halides is 16. The number of carbonyl (C=O) groups excluding carboxylic acids is 8. The van der Waals surface area contributed by atoms with Gasteiger partial charge in [0.15, 0.2) is 19.3 Å². The predicted octanol–water partition coefficient (Wildman–Crippen LogP) is 17.6. The molecular weight excluding hydrogens is 1360 g/mol. The molecule has 2 aromatic carbocycles. The highest BCUT2D eigenvalue weighted by atomic mass is 19.4. The average molecular weight is 1450 g/mol. The monoisotopic (exact) mass is 1450 g/mol. The molecule has 1 saturated carbocycles. The SMILES string of the molecule is C=C(C)C(=O)OC(C)(C)C.C=C(C)C(=O)OC(C)C.C=C(C)C(=O)OC(C)C(F)(F)F.C=C(C)C(=O)OC1CCCCC1.C=C(C)C(=O)OCc1ccccc1.C=CC(=O)OCC(F)(F)CC(F)(F)F.C=CC(=O)OCC(F)(F)CC(F)(F)F.C=CC(=O)Oc1ccc(C(F)(F)F)cc1. The van der Waals surface area contributed by atoms with Crippen LogP contribution in [-0.4, -0.2) is 115 Å². The zero-order valence-electron chi connectivity index (χ0n) is 56.5. The molecule has 1 aliphatic rings.